The second-order valence-corrected chi connectivity index (χ2v) is 4.20. The molecule has 0 saturated carbocycles. The number of amides is 1. The molecule has 94 valence electrons. The van der Waals surface area contributed by atoms with Crippen LogP contribution in [0.3, 0.4) is 0 Å². The van der Waals surface area contributed by atoms with Gasteiger partial charge >= 0.3 is 21.5 Å². The van der Waals surface area contributed by atoms with Crippen LogP contribution in [0.4, 0.5) is 13.2 Å². The summed E-state index contributed by atoms with van der Waals surface area (Å²) < 4.78 is 56.9. The molecular formula is C5H7F3N2O5S. The van der Waals surface area contributed by atoms with E-state index < -0.39 is 40.5 Å². The number of aliphatic carboxylic acids is 1. The standard InChI is InChI=1S/C5H7F3N2O5S/c6-5(7,8)16(14,15)10-1-3(11)9-2-4(12)13/h10H,1-2H2,(H,9,11)(H,12,13). The Balaban J connectivity index is 4.17. The van der Waals surface area contributed by atoms with Gasteiger partial charge in [-0.25, -0.2) is 8.42 Å². The minimum absolute atomic E-state index is 0.813. The van der Waals surface area contributed by atoms with Crippen molar-refractivity contribution < 1.29 is 36.3 Å². The molecule has 0 aromatic carbocycles. The fourth-order valence-corrected chi connectivity index (χ4v) is 0.964. The van der Waals surface area contributed by atoms with E-state index in [1.165, 1.54) is 0 Å². The molecule has 0 aliphatic carbocycles. The highest BCUT2D eigenvalue weighted by Gasteiger charge is 2.45. The van der Waals surface area contributed by atoms with Crippen LogP contribution in [0.25, 0.3) is 0 Å². The molecule has 0 aliphatic rings. The monoisotopic (exact) mass is 264 g/mol. The molecule has 0 fully saturated rings. The Morgan fingerprint density at radius 3 is 2.06 bits per heavy atom. The first-order chi connectivity index (χ1) is 7.06. The quantitative estimate of drug-likeness (QED) is 0.567. The van der Waals surface area contributed by atoms with E-state index in [1.807, 2.05) is 0 Å². The van der Waals surface area contributed by atoms with Crippen molar-refractivity contribution in [1.82, 2.24) is 10.0 Å². The van der Waals surface area contributed by atoms with Crippen molar-refractivity contribution in [3.05, 3.63) is 0 Å². The van der Waals surface area contributed by atoms with Gasteiger partial charge < -0.3 is 10.4 Å². The van der Waals surface area contributed by atoms with Crippen LogP contribution in [0, 0.1) is 0 Å². The zero-order valence-corrected chi connectivity index (χ0v) is 8.35. The van der Waals surface area contributed by atoms with Crippen molar-refractivity contribution in [2.45, 2.75) is 5.51 Å². The van der Waals surface area contributed by atoms with Crippen LogP contribution in [0.15, 0.2) is 0 Å². The van der Waals surface area contributed by atoms with Gasteiger partial charge in [0.15, 0.2) is 0 Å². The Labute approximate surface area is 87.7 Å². The van der Waals surface area contributed by atoms with Gasteiger partial charge in [-0.3, -0.25) is 9.59 Å². The van der Waals surface area contributed by atoms with Gasteiger partial charge in [0.2, 0.25) is 5.91 Å². The maximum atomic E-state index is 11.7. The molecule has 0 saturated heterocycles. The Morgan fingerprint density at radius 2 is 1.69 bits per heavy atom. The summed E-state index contributed by atoms with van der Waals surface area (Å²) in [6, 6.07) is 0. The molecule has 0 rings (SSSR count). The molecule has 0 bridgehead atoms. The van der Waals surface area contributed by atoms with Gasteiger partial charge in [-0.15, -0.1) is 0 Å². The number of nitrogens with one attached hydrogen (secondary N) is 2. The molecule has 0 unspecified atom stereocenters. The average Bonchev–Trinajstić information content (AvgIpc) is 2.09. The maximum Gasteiger partial charge on any atom is 0.511 e. The molecule has 16 heavy (non-hydrogen) atoms. The normalized spacial score (nSPS) is 12.2. The van der Waals surface area contributed by atoms with Crippen LogP contribution in [0.2, 0.25) is 0 Å². The number of sulfonamides is 1. The molecule has 0 atom stereocenters. The molecule has 3 N–H and O–H groups in total. The third-order valence-electron chi connectivity index (χ3n) is 1.16. The Bertz CT molecular complexity index is 376. The van der Waals surface area contributed by atoms with E-state index in [4.69, 9.17) is 5.11 Å². The lowest BCUT2D eigenvalue weighted by Gasteiger charge is -2.08. The van der Waals surface area contributed by atoms with Gasteiger partial charge in [-0.2, -0.15) is 17.9 Å². The number of hydrogen-bond acceptors (Lipinski definition) is 4. The van der Waals surface area contributed by atoms with Crippen molar-refractivity contribution in [1.29, 1.82) is 0 Å². The van der Waals surface area contributed by atoms with E-state index in [0.717, 1.165) is 4.72 Å². The molecule has 0 spiro atoms. The van der Waals surface area contributed by atoms with Gasteiger partial charge in [0.05, 0.1) is 6.54 Å². The zero-order chi connectivity index (χ0) is 13.0. The average molecular weight is 264 g/mol. The topological polar surface area (TPSA) is 113 Å². The fourth-order valence-electron chi connectivity index (χ4n) is 0.479. The number of hydrogen-bond donors (Lipinski definition) is 3. The van der Waals surface area contributed by atoms with Crippen molar-refractivity contribution in [3.63, 3.8) is 0 Å². The highest BCUT2D eigenvalue weighted by Crippen LogP contribution is 2.20. The maximum absolute atomic E-state index is 11.7. The summed E-state index contributed by atoms with van der Waals surface area (Å²) in [5.41, 5.74) is -5.51. The summed E-state index contributed by atoms with van der Waals surface area (Å²) in [5, 5.41) is 9.76. The summed E-state index contributed by atoms with van der Waals surface area (Å²) in [6.45, 7) is -2.00. The molecule has 7 nitrogen and oxygen atoms in total. The van der Waals surface area contributed by atoms with E-state index in [2.05, 4.69) is 0 Å². The Hall–Kier alpha value is -1.36. The van der Waals surface area contributed by atoms with E-state index in [9.17, 15) is 31.2 Å². The number of carbonyl (C=O) groups is 2. The van der Waals surface area contributed by atoms with Crippen LogP contribution in [-0.4, -0.2) is 44.0 Å². The SMILES string of the molecule is O=C(O)CNC(=O)CNS(=O)(=O)C(F)(F)F. The smallest absolute Gasteiger partial charge is 0.480 e. The Kier molecular flexibility index (Phi) is 4.68. The number of carbonyl (C=O) groups excluding carboxylic acids is 1. The predicted molar refractivity (Wildman–Crippen MR) is 43.6 cm³/mol. The first-order valence-electron chi connectivity index (χ1n) is 3.60. The Morgan fingerprint density at radius 1 is 1.19 bits per heavy atom. The van der Waals surface area contributed by atoms with E-state index >= 15 is 0 Å². The number of carboxylic acids is 1. The van der Waals surface area contributed by atoms with Gasteiger partial charge in [0.1, 0.15) is 6.54 Å². The second kappa shape index (κ2) is 5.12. The highest BCUT2D eigenvalue weighted by atomic mass is 32.2. The van der Waals surface area contributed by atoms with Crippen molar-refractivity contribution in [2.75, 3.05) is 13.1 Å². The lowest BCUT2D eigenvalue weighted by atomic mass is 10.5. The largest absolute Gasteiger partial charge is 0.511 e. The minimum atomic E-state index is -5.59. The molecule has 0 heterocycles. The van der Waals surface area contributed by atoms with E-state index in [-0.39, 0.29) is 0 Å². The molecular weight excluding hydrogens is 257 g/mol. The van der Waals surface area contributed by atoms with Crippen LogP contribution in [0.5, 0.6) is 0 Å². The van der Waals surface area contributed by atoms with Crippen LogP contribution in [-0.2, 0) is 19.6 Å². The fraction of sp³-hybridized carbons (Fsp3) is 0.600. The van der Waals surface area contributed by atoms with Gasteiger partial charge in [-0.1, -0.05) is 0 Å². The summed E-state index contributed by atoms with van der Waals surface area (Å²) in [7, 11) is -5.59. The van der Waals surface area contributed by atoms with Crippen LogP contribution < -0.4 is 10.0 Å². The molecule has 0 aromatic heterocycles. The molecule has 0 aromatic rings. The van der Waals surface area contributed by atoms with E-state index in [0.29, 0.717) is 0 Å². The van der Waals surface area contributed by atoms with E-state index in [1.54, 1.807) is 5.32 Å². The number of rotatable bonds is 5. The van der Waals surface area contributed by atoms with Gasteiger partial charge in [0.25, 0.3) is 0 Å². The number of carboxylic acid groups (broad SMARTS) is 1. The number of alkyl halides is 3. The van der Waals surface area contributed by atoms with Crippen molar-refractivity contribution >= 4 is 21.9 Å². The summed E-state index contributed by atoms with van der Waals surface area (Å²) >= 11 is 0. The number of halogens is 3. The molecule has 0 aliphatic heterocycles. The van der Waals surface area contributed by atoms with Gasteiger partial charge in [0, 0.05) is 0 Å². The van der Waals surface area contributed by atoms with Crippen molar-refractivity contribution in [2.24, 2.45) is 0 Å². The third-order valence-corrected chi connectivity index (χ3v) is 2.30. The summed E-state index contributed by atoms with van der Waals surface area (Å²) in [4.78, 5) is 20.6. The first-order valence-corrected chi connectivity index (χ1v) is 5.09. The first kappa shape index (κ1) is 14.6. The zero-order valence-electron chi connectivity index (χ0n) is 7.54. The minimum Gasteiger partial charge on any atom is -0.480 e. The van der Waals surface area contributed by atoms with Crippen LogP contribution >= 0.6 is 0 Å². The lowest BCUT2D eigenvalue weighted by Crippen LogP contribution is -2.43. The summed E-state index contributed by atoms with van der Waals surface area (Å²) in [6.07, 6.45) is 0. The molecule has 0 radical (unpaired) electrons. The highest BCUT2D eigenvalue weighted by molar-refractivity contribution is 7.90. The van der Waals surface area contributed by atoms with Crippen LogP contribution in [0.1, 0.15) is 0 Å². The second-order valence-electron chi connectivity index (χ2n) is 2.44. The molecule has 1 amide bonds. The third kappa shape index (κ3) is 4.93. The lowest BCUT2D eigenvalue weighted by molar-refractivity contribution is -0.137. The summed E-state index contributed by atoms with van der Waals surface area (Å²) in [5.74, 6) is -2.60. The molecule has 11 heteroatoms. The predicted octanol–water partition coefficient (Wildman–Crippen LogP) is -1.37. The van der Waals surface area contributed by atoms with Gasteiger partial charge in [-0.05, 0) is 0 Å². The van der Waals surface area contributed by atoms with Crippen molar-refractivity contribution in [3.8, 4) is 0 Å².